The molecule has 0 unspecified atom stereocenters. The first kappa shape index (κ1) is 14.4. The van der Waals surface area contributed by atoms with Crippen molar-refractivity contribution in [1.82, 2.24) is 14.3 Å². The number of aryl methyl sites for hydroxylation is 1. The second kappa shape index (κ2) is 6.14. The van der Waals surface area contributed by atoms with Crippen LogP contribution in [0.25, 0.3) is 16.9 Å². The first-order valence-corrected chi connectivity index (χ1v) is 8.15. The highest BCUT2D eigenvalue weighted by Gasteiger charge is 2.19. The third kappa shape index (κ3) is 2.76. The number of fused-ring (bicyclic) bond motifs is 1. The van der Waals surface area contributed by atoms with Crippen LogP contribution in [0.2, 0.25) is 0 Å². The summed E-state index contributed by atoms with van der Waals surface area (Å²) in [5.41, 5.74) is 5.79. The highest BCUT2D eigenvalue weighted by atomic mass is 16.5. The number of hydrogen-bond donors (Lipinski definition) is 0. The Labute approximate surface area is 136 Å². The third-order valence-corrected chi connectivity index (χ3v) is 4.47. The number of hydrogen-bond acceptors (Lipinski definition) is 3. The predicted octanol–water partition coefficient (Wildman–Crippen LogP) is 3.14. The molecule has 0 saturated carbocycles. The molecule has 1 aliphatic heterocycles. The van der Waals surface area contributed by atoms with Crippen molar-refractivity contribution in [3.05, 3.63) is 59.9 Å². The van der Waals surface area contributed by atoms with Crippen LogP contribution in [0.15, 0.2) is 48.7 Å². The lowest BCUT2D eigenvalue weighted by Crippen LogP contribution is -2.36. The number of imidazole rings is 1. The van der Waals surface area contributed by atoms with E-state index in [9.17, 15) is 0 Å². The van der Waals surface area contributed by atoms with Gasteiger partial charge < -0.3 is 9.14 Å². The Balaban J connectivity index is 1.83. The van der Waals surface area contributed by atoms with Crippen molar-refractivity contribution >= 4 is 5.65 Å². The van der Waals surface area contributed by atoms with Gasteiger partial charge in [-0.25, -0.2) is 4.98 Å². The lowest BCUT2D eigenvalue weighted by atomic mass is 10.1. The molecular formula is C19H21N3O. The van der Waals surface area contributed by atoms with Crippen molar-refractivity contribution in [1.29, 1.82) is 0 Å². The third-order valence-electron chi connectivity index (χ3n) is 4.47. The quantitative estimate of drug-likeness (QED) is 0.744. The van der Waals surface area contributed by atoms with Gasteiger partial charge in [0.15, 0.2) is 0 Å². The Morgan fingerprint density at radius 2 is 1.83 bits per heavy atom. The Morgan fingerprint density at radius 1 is 1.04 bits per heavy atom. The summed E-state index contributed by atoms with van der Waals surface area (Å²) in [4.78, 5) is 7.40. The van der Waals surface area contributed by atoms with E-state index >= 15 is 0 Å². The maximum Gasteiger partial charge on any atom is 0.140 e. The molecule has 0 N–H and O–H groups in total. The smallest absolute Gasteiger partial charge is 0.140 e. The topological polar surface area (TPSA) is 29.8 Å². The normalized spacial score (nSPS) is 16.0. The van der Waals surface area contributed by atoms with Gasteiger partial charge in [-0.3, -0.25) is 4.90 Å². The van der Waals surface area contributed by atoms with Gasteiger partial charge in [0, 0.05) is 31.4 Å². The summed E-state index contributed by atoms with van der Waals surface area (Å²) in [6.45, 7) is 6.61. The van der Waals surface area contributed by atoms with Crippen LogP contribution in [-0.4, -0.2) is 40.6 Å². The van der Waals surface area contributed by atoms with Gasteiger partial charge in [-0.2, -0.15) is 0 Å². The van der Waals surface area contributed by atoms with Gasteiger partial charge in [-0.05, 0) is 18.6 Å². The second-order valence-electron chi connectivity index (χ2n) is 6.05. The zero-order chi connectivity index (χ0) is 15.6. The molecule has 0 amide bonds. The first-order valence-electron chi connectivity index (χ1n) is 8.15. The van der Waals surface area contributed by atoms with E-state index in [1.54, 1.807) is 0 Å². The average Bonchev–Trinajstić information content (AvgIpc) is 2.97. The van der Waals surface area contributed by atoms with Crippen molar-refractivity contribution in [2.45, 2.75) is 13.5 Å². The van der Waals surface area contributed by atoms with Crippen LogP contribution in [0, 0.1) is 6.92 Å². The Kier molecular flexibility index (Phi) is 3.85. The fraction of sp³-hybridized carbons (Fsp3) is 0.316. The van der Waals surface area contributed by atoms with E-state index in [0.29, 0.717) is 0 Å². The van der Waals surface area contributed by atoms with Gasteiger partial charge in [-0.15, -0.1) is 0 Å². The highest BCUT2D eigenvalue weighted by Crippen LogP contribution is 2.27. The number of ether oxygens (including phenoxy) is 1. The molecule has 0 bridgehead atoms. The lowest BCUT2D eigenvalue weighted by molar-refractivity contribution is 0.0336. The SMILES string of the molecule is Cc1cccn2c(CN3CCOCC3)c(-c3ccccc3)nc12. The van der Waals surface area contributed by atoms with E-state index in [1.807, 2.05) is 6.07 Å². The molecule has 1 fully saturated rings. The van der Waals surface area contributed by atoms with Crippen molar-refractivity contribution < 1.29 is 4.74 Å². The lowest BCUT2D eigenvalue weighted by Gasteiger charge is -2.26. The highest BCUT2D eigenvalue weighted by molar-refractivity contribution is 5.67. The molecule has 1 saturated heterocycles. The Hall–Kier alpha value is -2.17. The molecule has 23 heavy (non-hydrogen) atoms. The molecular weight excluding hydrogens is 286 g/mol. The second-order valence-corrected chi connectivity index (χ2v) is 6.05. The van der Waals surface area contributed by atoms with Gasteiger partial charge in [0.1, 0.15) is 5.65 Å². The zero-order valence-corrected chi connectivity index (χ0v) is 13.4. The number of benzene rings is 1. The van der Waals surface area contributed by atoms with E-state index in [0.717, 1.165) is 44.2 Å². The van der Waals surface area contributed by atoms with Crippen molar-refractivity contribution in [2.24, 2.45) is 0 Å². The van der Waals surface area contributed by atoms with Crippen LogP contribution in [-0.2, 0) is 11.3 Å². The predicted molar refractivity (Wildman–Crippen MR) is 91.5 cm³/mol. The molecule has 0 aliphatic carbocycles. The minimum Gasteiger partial charge on any atom is -0.379 e. The molecule has 3 heterocycles. The number of nitrogens with zero attached hydrogens (tertiary/aromatic N) is 3. The molecule has 4 heteroatoms. The number of pyridine rings is 1. The minimum absolute atomic E-state index is 0.816. The van der Waals surface area contributed by atoms with E-state index in [2.05, 4.69) is 58.8 Å². The fourth-order valence-corrected chi connectivity index (χ4v) is 3.20. The number of aromatic nitrogens is 2. The Bertz CT molecular complexity index is 804. The molecule has 4 nitrogen and oxygen atoms in total. The van der Waals surface area contributed by atoms with Crippen LogP contribution in [0.3, 0.4) is 0 Å². The number of rotatable bonds is 3. The summed E-state index contributed by atoms with van der Waals surface area (Å²) in [6.07, 6.45) is 2.12. The molecule has 0 radical (unpaired) electrons. The van der Waals surface area contributed by atoms with Gasteiger partial charge in [0.2, 0.25) is 0 Å². The van der Waals surface area contributed by atoms with Crippen molar-refractivity contribution in [3.8, 4) is 11.3 Å². The largest absolute Gasteiger partial charge is 0.379 e. The summed E-state index contributed by atoms with van der Waals surface area (Å²) >= 11 is 0. The van der Waals surface area contributed by atoms with Crippen LogP contribution >= 0.6 is 0 Å². The van der Waals surface area contributed by atoms with Crippen LogP contribution in [0.4, 0.5) is 0 Å². The van der Waals surface area contributed by atoms with Gasteiger partial charge in [-0.1, -0.05) is 36.4 Å². The maximum atomic E-state index is 5.48. The summed E-state index contributed by atoms with van der Waals surface area (Å²) in [6, 6.07) is 14.7. The van der Waals surface area contributed by atoms with Gasteiger partial charge >= 0.3 is 0 Å². The van der Waals surface area contributed by atoms with Gasteiger partial charge in [0.25, 0.3) is 0 Å². The van der Waals surface area contributed by atoms with Crippen molar-refractivity contribution in [2.75, 3.05) is 26.3 Å². The van der Waals surface area contributed by atoms with Gasteiger partial charge in [0.05, 0.1) is 24.6 Å². The zero-order valence-electron chi connectivity index (χ0n) is 13.4. The van der Waals surface area contributed by atoms with E-state index in [1.165, 1.54) is 16.8 Å². The molecule has 4 rings (SSSR count). The summed E-state index contributed by atoms with van der Waals surface area (Å²) in [7, 11) is 0. The molecule has 0 spiro atoms. The monoisotopic (exact) mass is 307 g/mol. The van der Waals surface area contributed by atoms with E-state index < -0.39 is 0 Å². The maximum absolute atomic E-state index is 5.48. The summed E-state index contributed by atoms with van der Waals surface area (Å²) in [5, 5.41) is 0. The first-order chi connectivity index (χ1) is 11.3. The standard InChI is InChI=1S/C19H21N3O/c1-15-6-5-9-22-17(14-21-10-12-23-13-11-21)18(20-19(15)22)16-7-3-2-4-8-16/h2-9H,10-14H2,1H3. The van der Waals surface area contributed by atoms with Crippen LogP contribution in [0.5, 0.6) is 0 Å². The average molecular weight is 307 g/mol. The van der Waals surface area contributed by atoms with Crippen molar-refractivity contribution in [3.63, 3.8) is 0 Å². The van der Waals surface area contributed by atoms with Crippen LogP contribution < -0.4 is 0 Å². The Morgan fingerprint density at radius 3 is 2.61 bits per heavy atom. The van der Waals surface area contributed by atoms with E-state index in [4.69, 9.17) is 9.72 Å². The molecule has 2 aromatic heterocycles. The molecule has 3 aromatic rings. The minimum atomic E-state index is 0.816. The molecule has 1 aliphatic rings. The molecule has 0 atom stereocenters. The van der Waals surface area contributed by atoms with Crippen LogP contribution in [0.1, 0.15) is 11.3 Å². The fourth-order valence-electron chi connectivity index (χ4n) is 3.20. The summed E-state index contributed by atoms with van der Waals surface area (Å²) < 4.78 is 7.72. The molecule has 118 valence electrons. The number of morpholine rings is 1. The summed E-state index contributed by atoms with van der Waals surface area (Å²) in [5.74, 6) is 0. The molecule has 1 aromatic carbocycles. The van der Waals surface area contributed by atoms with E-state index in [-0.39, 0.29) is 0 Å².